The van der Waals surface area contributed by atoms with Crippen LogP contribution in [0.1, 0.15) is 0 Å². The Kier molecular flexibility index (Phi) is 4.45. The molecule has 4 aromatic heterocycles. The van der Waals surface area contributed by atoms with Gasteiger partial charge >= 0.3 is 0 Å². The van der Waals surface area contributed by atoms with Gasteiger partial charge in [-0.05, 0) is 35.7 Å². The number of thiophene rings is 1. The van der Waals surface area contributed by atoms with Crippen LogP contribution in [0.25, 0.3) is 27.2 Å². The van der Waals surface area contributed by atoms with E-state index in [4.69, 9.17) is 15.7 Å². The van der Waals surface area contributed by atoms with E-state index in [0.29, 0.717) is 12.5 Å². The van der Waals surface area contributed by atoms with E-state index in [0.717, 1.165) is 45.9 Å². The minimum Gasteiger partial charge on any atom is -0.328 e. The fourth-order valence-electron chi connectivity index (χ4n) is 3.80. The predicted octanol–water partition coefficient (Wildman–Crippen LogP) is 2.14. The Bertz CT molecular complexity index is 1360. The molecule has 160 valence electrons. The van der Waals surface area contributed by atoms with Gasteiger partial charge in [0.2, 0.25) is 5.95 Å². The summed E-state index contributed by atoms with van der Waals surface area (Å²) in [6, 6.07) is 9.86. The second-order valence-electron chi connectivity index (χ2n) is 7.75. The van der Waals surface area contributed by atoms with Crippen molar-refractivity contribution in [3.63, 3.8) is 0 Å². The van der Waals surface area contributed by atoms with Crippen molar-refractivity contribution in [2.24, 2.45) is 5.73 Å². The topological polar surface area (TPSA) is 124 Å². The van der Waals surface area contributed by atoms with Crippen molar-refractivity contribution >= 4 is 33.2 Å². The predicted molar refractivity (Wildman–Crippen MR) is 123 cm³/mol. The van der Waals surface area contributed by atoms with Crippen molar-refractivity contribution < 1.29 is 0 Å². The summed E-state index contributed by atoms with van der Waals surface area (Å²) in [7, 11) is 0. The standard InChI is InChI=1S/C21H20N10S/c22-9-21(10-23-11-21)31-8-14(7-25-31)18-19-17(5-6-32-19)28-20(29-18)27-15-1-3-16(4-2-15)30-13-24-12-26-30/h1-8,12-13,23H,9-11,22H2,(H,27,28,29). The first kappa shape index (κ1) is 19.0. The van der Waals surface area contributed by atoms with Crippen molar-refractivity contribution in [3.05, 3.63) is 60.8 Å². The molecule has 0 aliphatic carbocycles. The highest BCUT2D eigenvalue weighted by Gasteiger charge is 2.38. The van der Waals surface area contributed by atoms with Gasteiger partial charge in [0.05, 0.1) is 33.3 Å². The molecule has 1 saturated heterocycles. The number of nitrogens with two attached hydrogens (primary N) is 1. The Morgan fingerprint density at radius 1 is 1.12 bits per heavy atom. The lowest BCUT2D eigenvalue weighted by molar-refractivity contribution is 0.165. The molecule has 1 aliphatic rings. The number of nitrogens with one attached hydrogen (secondary N) is 2. The summed E-state index contributed by atoms with van der Waals surface area (Å²) in [6.45, 7) is 2.18. The molecule has 0 amide bonds. The molecular weight excluding hydrogens is 424 g/mol. The first-order chi connectivity index (χ1) is 15.7. The quantitative estimate of drug-likeness (QED) is 0.364. The summed E-state index contributed by atoms with van der Waals surface area (Å²) in [4.78, 5) is 13.5. The minimum atomic E-state index is -0.160. The van der Waals surface area contributed by atoms with Crippen molar-refractivity contribution in [2.75, 3.05) is 25.0 Å². The lowest BCUT2D eigenvalue weighted by Gasteiger charge is -2.41. The largest absolute Gasteiger partial charge is 0.328 e. The lowest BCUT2D eigenvalue weighted by atomic mass is 9.93. The summed E-state index contributed by atoms with van der Waals surface area (Å²) >= 11 is 1.62. The average Bonchev–Trinajstić information content (AvgIpc) is 3.55. The minimum absolute atomic E-state index is 0.160. The highest BCUT2D eigenvalue weighted by Crippen LogP contribution is 2.33. The SMILES string of the molecule is NCC1(n2cc(-c3nc(Nc4ccc(-n5cncn5)cc4)nc4ccsc34)cn2)CNC1. The summed E-state index contributed by atoms with van der Waals surface area (Å²) in [5.74, 6) is 0.533. The number of hydrogen-bond donors (Lipinski definition) is 3. The van der Waals surface area contributed by atoms with Crippen molar-refractivity contribution in [2.45, 2.75) is 5.54 Å². The molecule has 1 aliphatic heterocycles. The van der Waals surface area contributed by atoms with Gasteiger partial charge in [0.25, 0.3) is 0 Å². The number of rotatable bonds is 6. The molecule has 32 heavy (non-hydrogen) atoms. The van der Waals surface area contributed by atoms with Crippen LogP contribution >= 0.6 is 11.3 Å². The molecule has 0 unspecified atom stereocenters. The first-order valence-electron chi connectivity index (χ1n) is 10.2. The van der Waals surface area contributed by atoms with Crippen molar-refractivity contribution in [1.82, 2.24) is 39.8 Å². The highest BCUT2D eigenvalue weighted by molar-refractivity contribution is 7.17. The smallest absolute Gasteiger partial charge is 0.228 e. The Balaban J connectivity index is 1.33. The van der Waals surface area contributed by atoms with E-state index in [1.807, 2.05) is 52.8 Å². The molecule has 6 rings (SSSR count). The summed E-state index contributed by atoms with van der Waals surface area (Å²) in [5, 5.41) is 17.4. The van der Waals surface area contributed by atoms with E-state index in [2.05, 4.69) is 25.8 Å². The second kappa shape index (κ2) is 7.48. The van der Waals surface area contributed by atoms with Crippen LogP contribution in [0.15, 0.2) is 60.8 Å². The van der Waals surface area contributed by atoms with Crippen LogP contribution in [0.2, 0.25) is 0 Å². The van der Waals surface area contributed by atoms with Crippen LogP contribution in [-0.4, -0.2) is 54.1 Å². The zero-order valence-electron chi connectivity index (χ0n) is 17.0. The van der Waals surface area contributed by atoms with Crippen molar-refractivity contribution in [1.29, 1.82) is 0 Å². The maximum atomic E-state index is 6.03. The van der Waals surface area contributed by atoms with Gasteiger partial charge in [0.1, 0.15) is 12.7 Å². The summed E-state index contributed by atoms with van der Waals surface area (Å²) in [6.07, 6.45) is 7.06. The molecule has 0 spiro atoms. The van der Waals surface area contributed by atoms with E-state index in [1.54, 1.807) is 22.3 Å². The number of hydrogen-bond acceptors (Lipinski definition) is 9. The fourth-order valence-corrected chi connectivity index (χ4v) is 4.64. The van der Waals surface area contributed by atoms with E-state index in [9.17, 15) is 0 Å². The van der Waals surface area contributed by atoms with Crippen molar-refractivity contribution in [3.8, 4) is 16.9 Å². The molecule has 1 aromatic carbocycles. The monoisotopic (exact) mass is 444 g/mol. The molecule has 10 nitrogen and oxygen atoms in total. The Labute approximate surface area is 187 Å². The zero-order valence-corrected chi connectivity index (χ0v) is 17.8. The average molecular weight is 445 g/mol. The van der Waals surface area contributed by atoms with E-state index in [1.165, 1.54) is 6.33 Å². The van der Waals surface area contributed by atoms with E-state index in [-0.39, 0.29) is 5.54 Å². The van der Waals surface area contributed by atoms with Gasteiger partial charge in [0, 0.05) is 37.1 Å². The number of nitrogens with zero attached hydrogens (tertiary/aromatic N) is 7. The molecule has 4 N–H and O–H groups in total. The van der Waals surface area contributed by atoms with Crippen LogP contribution < -0.4 is 16.4 Å². The van der Waals surface area contributed by atoms with Crippen LogP contribution in [0, 0.1) is 0 Å². The highest BCUT2D eigenvalue weighted by atomic mass is 32.1. The third-order valence-electron chi connectivity index (χ3n) is 5.74. The maximum Gasteiger partial charge on any atom is 0.228 e. The Morgan fingerprint density at radius 3 is 2.72 bits per heavy atom. The molecule has 5 aromatic rings. The fraction of sp³-hybridized carbons (Fsp3) is 0.190. The van der Waals surface area contributed by atoms with Crippen LogP contribution in [0.5, 0.6) is 0 Å². The third-order valence-corrected chi connectivity index (χ3v) is 6.65. The number of benzene rings is 1. The lowest BCUT2D eigenvalue weighted by Crippen LogP contribution is -2.64. The molecular formula is C21H20N10S. The number of fused-ring (bicyclic) bond motifs is 1. The molecule has 1 fully saturated rings. The first-order valence-corrected chi connectivity index (χ1v) is 11.1. The second-order valence-corrected chi connectivity index (χ2v) is 8.66. The van der Waals surface area contributed by atoms with Gasteiger partial charge in [-0.1, -0.05) is 0 Å². The van der Waals surface area contributed by atoms with Crippen LogP contribution in [0.3, 0.4) is 0 Å². The van der Waals surface area contributed by atoms with Gasteiger partial charge in [-0.2, -0.15) is 10.2 Å². The molecule has 0 saturated carbocycles. The van der Waals surface area contributed by atoms with Crippen LogP contribution in [0.4, 0.5) is 11.6 Å². The molecule has 5 heterocycles. The van der Waals surface area contributed by atoms with Gasteiger partial charge < -0.3 is 16.4 Å². The molecule has 0 radical (unpaired) electrons. The van der Waals surface area contributed by atoms with Gasteiger partial charge in [-0.25, -0.2) is 19.6 Å². The number of aromatic nitrogens is 7. The van der Waals surface area contributed by atoms with Gasteiger partial charge in [-0.15, -0.1) is 11.3 Å². The molecule has 11 heteroatoms. The van der Waals surface area contributed by atoms with E-state index >= 15 is 0 Å². The van der Waals surface area contributed by atoms with Gasteiger partial charge in [0.15, 0.2) is 0 Å². The normalized spacial score (nSPS) is 15.0. The molecule has 0 bridgehead atoms. The Hall–Kier alpha value is -3.67. The van der Waals surface area contributed by atoms with Crippen LogP contribution in [-0.2, 0) is 5.54 Å². The third kappa shape index (κ3) is 3.14. The summed E-state index contributed by atoms with van der Waals surface area (Å²) in [5.41, 5.74) is 10.4. The Morgan fingerprint density at radius 2 is 2.00 bits per heavy atom. The maximum absolute atomic E-state index is 6.03. The molecule has 0 atom stereocenters. The van der Waals surface area contributed by atoms with E-state index < -0.39 is 0 Å². The van der Waals surface area contributed by atoms with Gasteiger partial charge in [-0.3, -0.25) is 4.68 Å². The number of anilines is 2. The summed E-state index contributed by atoms with van der Waals surface area (Å²) < 4.78 is 4.71. The zero-order chi connectivity index (χ0) is 21.5.